The number of hydrogen-bond acceptors (Lipinski definition) is 5. The average molecular weight is 355 g/mol. The van der Waals surface area contributed by atoms with Crippen molar-refractivity contribution in [2.24, 2.45) is 0 Å². The van der Waals surface area contributed by atoms with Crippen molar-refractivity contribution in [1.29, 1.82) is 0 Å². The summed E-state index contributed by atoms with van der Waals surface area (Å²) < 4.78 is 0. The van der Waals surface area contributed by atoms with Gasteiger partial charge in [-0.05, 0) is 35.9 Å². The van der Waals surface area contributed by atoms with Crippen LogP contribution in [0.4, 0.5) is 11.5 Å². The highest BCUT2D eigenvalue weighted by Crippen LogP contribution is 2.34. The molecule has 27 heavy (non-hydrogen) atoms. The zero-order valence-electron chi connectivity index (χ0n) is 15.0. The number of aromatic nitrogens is 3. The van der Waals surface area contributed by atoms with Gasteiger partial charge in [-0.3, -0.25) is 9.97 Å². The Hall–Kier alpha value is -3.47. The van der Waals surface area contributed by atoms with E-state index in [1.54, 1.807) is 24.5 Å². The van der Waals surface area contributed by atoms with Crippen molar-refractivity contribution in [3.8, 4) is 11.3 Å². The van der Waals surface area contributed by atoms with E-state index >= 15 is 0 Å². The normalized spacial score (nSPS) is 13.9. The van der Waals surface area contributed by atoms with Gasteiger partial charge in [-0.25, -0.2) is 4.98 Å². The summed E-state index contributed by atoms with van der Waals surface area (Å²) >= 11 is 0. The van der Waals surface area contributed by atoms with Gasteiger partial charge >= 0.3 is 0 Å². The number of pyridine rings is 1. The monoisotopic (exact) mass is 355 g/mol. The van der Waals surface area contributed by atoms with Gasteiger partial charge in [0.05, 0.1) is 17.1 Å². The first-order valence-corrected chi connectivity index (χ1v) is 8.87. The topological polar surface area (TPSA) is 67.9 Å². The summed E-state index contributed by atoms with van der Waals surface area (Å²) in [4.78, 5) is 16.1. The maximum atomic E-state index is 5.80. The first kappa shape index (κ1) is 17.0. The van der Waals surface area contributed by atoms with Crippen LogP contribution in [0.3, 0.4) is 0 Å². The molecular weight excluding hydrogens is 334 g/mol. The maximum Gasteiger partial charge on any atom is 0.129 e. The van der Waals surface area contributed by atoms with Gasteiger partial charge in [-0.1, -0.05) is 31.4 Å². The molecule has 5 nitrogen and oxygen atoms in total. The molecule has 134 valence electrons. The highest BCUT2D eigenvalue weighted by atomic mass is 15.2. The van der Waals surface area contributed by atoms with E-state index in [1.165, 1.54) is 0 Å². The number of nitrogens with two attached hydrogens (primary N) is 1. The Morgan fingerprint density at radius 3 is 2.41 bits per heavy atom. The lowest BCUT2D eigenvalue weighted by atomic mass is 9.92. The van der Waals surface area contributed by atoms with Crippen molar-refractivity contribution < 1.29 is 0 Å². The van der Waals surface area contributed by atoms with E-state index in [9.17, 15) is 0 Å². The molecule has 1 aliphatic heterocycles. The second-order valence-corrected chi connectivity index (χ2v) is 6.57. The molecule has 3 heterocycles. The molecule has 1 aromatic carbocycles. The molecule has 3 aromatic rings. The molecule has 0 unspecified atom stereocenters. The minimum Gasteiger partial charge on any atom is -0.399 e. The third-order valence-corrected chi connectivity index (χ3v) is 4.86. The van der Waals surface area contributed by atoms with Gasteiger partial charge < -0.3 is 10.6 Å². The average Bonchev–Trinajstić information content (AvgIpc) is 2.68. The van der Waals surface area contributed by atoms with Crippen LogP contribution in [0, 0.1) is 0 Å². The predicted molar refractivity (Wildman–Crippen MR) is 111 cm³/mol. The number of rotatable bonds is 5. The third kappa shape index (κ3) is 3.19. The van der Waals surface area contributed by atoms with Crippen molar-refractivity contribution in [2.75, 3.05) is 23.7 Å². The summed E-state index contributed by atoms with van der Waals surface area (Å²) in [6.07, 6.45) is 7.05. The Labute approximate surface area is 158 Å². The molecule has 0 saturated carbocycles. The van der Waals surface area contributed by atoms with Crippen molar-refractivity contribution in [2.45, 2.75) is 5.92 Å². The van der Waals surface area contributed by atoms with Crippen molar-refractivity contribution in [3.05, 3.63) is 78.9 Å². The maximum absolute atomic E-state index is 5.80. The fourth-order valence-electron chi connectivity index (χ4n) is 3.34. The quantitative estimate of drug-likeness (QED) is 0.700. The molecule has 2 aromatic heterocycles. The van der Waals surface area contributed by atoms with Gasteiger partial charge in [-0.15, -0.1) is 0 Å². The third-order valence-electron chi connectivity index (χ3n) is 4.86. The molecule has 5 heteroatoms. The number of anilines is 2. The van der Waals surface area contributed by atoms with E-state index in [2.05, 4.69) is 33.0 Å². The fraction of sp³-hybridized carbons (Fsp3) is 0.136. The molecule has 0 amide bonds. The Bertz CT molecular complexity index is 988. The van der Waals surface area contributed by atoms with Gasteiger partial charge in [0, 0.05) is 42.7 Å². The lowest BCUT2D eigenvalue weighted by Gasteiger charge is -2.40. The highest BCUT2D eigenvalue weighted by Gasteiger charge is 2.32. The van der Waals surface area contributed by atoms with E-state index in [0.29, 0.717) is 5.92 Å². The van der Waals surface area contributed by atoms with Crippen LogP contribution in [0.1, 0.15) is 22.9 Å². The Morgan fingerprint density at radius 1 is 0.963 bits per heavy atom. The van der Waals surface area contributed by atoms with Crippen molar-refractivity contribution >= 4 is 23.7 Å². The molecule has 1 aliphatic rings. The molecule has 0 bridgehead atoms. The minimum atomic E-state index is 0.319. The van der Waals surface area contributed by atoms with Crippen LogP contribution >= 0.6 is 0 Å². The molecule has 1 saturated heterocycles. The number of benzene rings is 1. The largest absolute Gasteiger partial charge is 0.399 e. The van der Waals surface area contributed by atoms with Crippen LogP contribution < -0.4 is 10.6 Å². The van der Waals surface area contributed by atoms with E-state index < -0.39 is 0 Å². The van der Waals surface area contributed by atoms with Crippen molar-refractivity contribution in [1.82, 2.24) is 15.0 Å². The number of nitrogens with zero attached hydrogens (tertiary/aromatic N) is 4. The molecule has 0 aliphatic carbocycles. The molecular formula is C22H21N5. The van der Waals surface area contributed by atoms with E-state index in [0.717, 1.165) is 52.8 Å². The first-order chi connectivity index (χ1) is 13.2. The Morgan fingerprint density at radius 2 is 1.70 bits per heavy atom. The lowest BCUT2D eigenvalue weighted by molar-refractivity contribution is 0.508. The van der Waals surface area contributed by atoms with Gasteiger partial charge in [0.25, 0.3) is 0 Å². The zero-order valence-corrected chi connectivity index (χ0v) is 15.0. The molecule has 0 spiro atoms. The number of nitrogen functional groups attached to an aromatic ring is 1. The highest BCUT2D eigenvalue weighted by molar-refractivity contribution is 5.66. The van der Waals surface area contributed by atoms with Crippen LogP contribution in [0.15, 0.2) is 61.9 Å². The molecule has 1 fully saturated rings. The summed E-state index contributed by atoms with van der Waals surface area (Å²) in [5.41, 5.74) is 11.4. The number of hydrogen-bond donors (Lipinski definition) is 1. The van der Waals surface area contributed by atoms with Gasteiger partial charge in [0.15, 0.2) is 0 Å². The molecule has 4 rings (SSSR count). The summed E-state index contributed by atoms with van der Waals surface area (Å²) in [7, 11) is 0. The summed E-state index contributed by atoms with van der Waals surface area (Å²) in [5.74, 6) is 1.27. The van der Waals surface area contributed by atoms with Crippen LogP contribution in [-0.4, -0.2) is 28.0 Å². The Kier molecular flexibility index (Phi) is 4.42. The standard InChI is InChI=1S/C22H21N5/c1-3-15-7-10-20(26-19(15)4-2)27-13-17(14-27)22-21(24-11-12-25-22)16-5-8-18(23)9-6-16/h3-12,17H,1-2,13-14,23H2. The van der Waals surface area contributed by atoms with Gasteiger partial charge in [0.1, 0.15) is 5.82 Å². The van der Waals surface area contributed by atoms with Gasteiger partial charge in [-0.2, -0.15) is 0 Å². The minimum absolute atomic E-state index is 0.319. The van der Waals surface area contributed by atoms with Crippen LogP contribution in [-0.2, 0) is 0 Å². The summed E-state index contributed by atoms with van der Waals surface area (Å²) in [6.45, 7) is 9.38. The van der Waals surface area contributed by atoms with E-state index in [4.69, 9.17) is 5.73 Å². The zero-order chi connectivity index (χ0) is 18.8. The van der Waals surface area contributed by atoms with E-state index in [-0.39, 0.29) is 0 Å². The molecule has 2 N–H and O–H groups in total. The van der Waals surface area contributed by atoms with Crippen LogP contribution in [0.2, 0.25) is 0 Å². The first-order valence-electron chi connectivity index (χ1n) is 8.87. The SMILES string of the molecule is C=Cc1ccc(N2CC(c3nccnc3-c3ccc(N)cc3)C2)nc1C=C. The van der Waals surface area contributed by atoms with Gasteiger partial charge in [0.2, 0.25) is 0 Å². The second-order valence-electron chi connectivity index (χ2n) is 6.57. The summed E-state index contributed by atoms with van der Waals surface area (Å²) in [6, 6.07) is 11.8. The summed E-state index contributed by atoms with van der Waals surface area (Å²) in [5, 5.41) is 0. The fourth-order valence-corrected chi connectivity index (χ4v) is 3.34. The Balaban J connectivity index is 1.56. The molecule has 0 radical (unpaired) electrons. The van der Waals surface area contributed by atoms with Crippen LogP contribution in [0.25, 0.3) is 23.4 Å². The predicted octanol–water partition coefficient (Wildman–Crippen LogP) is 4.01. The molecule has 0 atom stereocenters. The lowest BCUT2D eigenvalue weighted by Crippen LogP contribution is -2.46. The van der Waals surface area contributed by atoms with Crippen molar-refractivity contribution in [3.63, 3.8) is 0 Å². The van der Waals surface area contributed by atoms with E-state index in [1.807, 2.05) is 36.4 Å². The van der Waals surface area contributed by atoms with Crippen LogP contribution in [0.5, 0.6) is 0 Å². The smallest absolute Gasteiger partial charge is 0.129 e. The second kappa shape index (κ2) is 7.03.